The molecule has 1 aliphatic heterocycles. The summed E-state index contributed by atoms with van der Waals surface area (Å²) in [5.74, 6) is 0.407. The molecule has 1 heterocycles. The zero-order valence-corrected chi connectivity index (χ0v) is 12.7. The van der Waals surface area contributed by atoms with Crippen molar-refractivity contribution in [1.82, 2.24) is 0 Å². The number of amides is 1. The van der Waals surface area contributed by atoms with Gasteiger partial charge in [-0.25, -0.2) is 0 Å². The first-order valence-electron chi connectivity index (χ1n) is 7.38. The molecule has 1 aliphatic rings. The first-order chi connectivity index (χ1) is 10.2. The van der Waals surface area contributed by atoms with E-state index in [2.05, 4.69) is 13.0 Å². The molecule has 0 aliphatic carbocycles. The minimum Gasteiger partial charge on any atom is -0.396 e. The van der Waals surface area contributed by atoms with Crippen molar-refractivity contribution in [3.8, 4) is 0 Å². The van der Waals surface area contributed by atoms with E-state index < -0.39 is 0 Å². The fourth-order valence-electron chi connectivity index (χ4n) is 2.57. The number of hydrogen-bond donors (Lipinski definition) is 1. The molecule has 0 radical (unpaired) electrons. The Bertz CT molecular complexity index is 495. The van der Waals surface area contributed by atoms with Gasteiger partial charge >= 0.3 is 0 Å². The van der Waals surface area contributed by atoms with Crippen LogP contribution in [-0.2, 0) is 9.53 Å². The maximum Gasteiger partial charge on any atom is 0.228 e. The number of β-lactam (4-membered cyclic amide) rings is 1. The largest absolute Gasteiger partial charge is 0.396 e. The van der Waals surface area contributed by atoms with Crippen molar-refractivity contribution in [2.45, 2.75) is 25.9 Å². The fraction of sp³-hybridized carbons (Fsp3) is 0.471. The number of benzene rings is 1. The maximum atomic E-state index is 11.4. The smallest absolute Gasteiger partial charge is 0.228 e. The van der Waals surface area contributed by atoms with E-state index in [1.165, 1.54) is 0 Å². The number of carbonyl (C=O) groups excluding carboxylic acids is 1. The lowest BCUT2D eigenvalue weighted by Crippen LogP contribution is -2.43. The zero-order chi connectivity index (χ0) is 15.2. The summed E-state index contributed by atoms with van der Waals surface area (Å²) in [4.78, 5) is 13.2. The van der Waals surface area contributed by atoms with Crippen LogP contribution in [0.1, 0.15) is 31.4 Å². The number of aliphatic hydroxyl groups is 1. The molecular formula is C17H23NO3. The predicted molar refractivity (Wildman–Crippen MR) is 83.2 cm³/mol. The van der Waals surface area contributed by atoms with E-state index in [1.54, 1.807) is 12.0 Å². The molecule has 1 N–H and O–H groups in total. The monoisotopic (exact) mass is 289 g/mol. The van der Waals surface area contributed by atoms with E-state index in [-0.39, 0.29) is 24.5 Å². The van der Waals surface area contributed by atoms with Crippen LogP contribution in [0.3, 0.4) is 0 Å². The van der Waals surface area contributed by atoms with Crippen LogP contribution in [0.5, 0.6) is 0 Å². The van der Waals surface area contributed by atoms with Gasteiger partial charge in [0.15, 0.2) is 0 Å². The molecule has 0 unspecified atom stereocenters. The Balaban J connectivity index is 2.06. The lowest BCUT2D eigenvalue weighted by atomic mass is 9.96. The quantitative estimate of drug-likeness (QED) is 0.620. The molecule has 2 rings (SSSR count). The minimum atomic E-state index is -0.0268. The molecule has 0 bridgehead atoms. The molecule has 2 atom stereocenters. The minimum absolute atomic E-state index is 0.0268. The maximum absolute atomic E-state index is 11.4. The molecule has 1 amide bonds. The first kappa shape index (κ1) is 15.7. The van der Waals surface area contributed by atoms with Crippen molar-refractivity contribution in [3.05, 3.63) is 42.0 Å². The van der Waals surface area contributed by atoms with E-state index in [9.17, 15) is 4.79 Å². The summed E-state index contributed by atoms with van der Waals surface area (Å²) in [6.45, 7) is 3.07. The van der Waals surface area contributed by atoms with Crippen LogP contribution < -0.4 is 4.90 Å². The highest BCUT2D eigenvalue weighted by Gasteiger charge is 2.25. The summed E-state index contributed by atoms with van der Waals surface area (Å²) in [6.07, 6.45) is 5.33. The van der Waals surface area contributed by atoms with E-state index >= 15 is 0 Å². The summed E-state index contributed by atoms with van der Waals surface area (Å²) in [5.41, 5.74) is 2.05. The first-order valence-corrected chi connectivity index (χ1v) is 7.38. The molecule has 1 aromatic carbocycles. The van der Waals surface area contributed by atoms with Gasteiger partial charge in [-0.1, -0.05) is 31.2 Å². The Kier molecular flexibility index (Phi) is 5.53. The van der Waals surface area contributed by atoms with Gasteiger partial charge in [-0.2, -0.15) is 0 Å². The summed E-state index contributed by atoms with van der Waals surface area (Å²) in [7, 11) is 1.70. The van der Waals surface area contributed by atoms with Crippen LogP contribution in [0.25, 0.3) is 0 Å². The molecular weight excluding hydrogens is 266 g/mol. The molecule has 21 heavy (non-hydrogen) atoms. The molecule has 4 heteroatoms. The van der Waals surface area contributed by atoms with Gasteiger partial charge in [0.25, 0.3) is 0 Å². The van der Waals surface area contributed by atoms with E-state index in [0.29, 0.717) is 12.8 Å². The fourth-order valence-corrected chi connectivity index (χ4v) is 2.57. The Labute approximate surface area is 126 Å². The highest BCUT2D eigenvalue weighted by molar-refractivity contribution is 5.99. The Morgan fingerprint density at radius 1 is 1.38 bits per heavy atom. The number of nitrogens with zero attached hydrogens (tertiary/aromatic N) is 1. The van der Waals surface area contributed by atoms with Crippen LogP contribution in [0, 0.1) is 5.92 Å². The van der Waals surface area contributed by atoms with E-state index in [1.807, 2.05) is 30.3 Å². The van der Waals surface area contributed by atoms with Crippen molar-refractivity contribution in [1.29, 1.82) is 0 Å². The highest BCUT2D eigenvalue weighted by atomic mass is 16.5. The number of rotatable bonds is 7. The van der Waals surface area contributed by atoms with Gasteiger partial charge < -0.3 is 14.7 Å². The van der Waals surface area contributed by atoms with Crippen molar-refractivity contribution in [2.24, 2.45) is 5.92 Å². The molecule has 0 aromatic heterocycles. The van der Waals surface area contributed by atoms with Crippen molar-refractivity contribution >= 4 is 11.6 Å². The van der Waals surface area contributed by atoms with Gasteiger partial charge in [0.05, 0.1) is 6.10 Å². The Morgan fingerprint density at radius 2 is 2.10 bits per heavy atom. The topological polar surface area (TPSA) is 49.8 Å². The highest BCUT2D eigenvalue weighted by Crippen LogP contribution is 2.29. The number of methoxy groups -OCH3 is 1. The van der Waals surface area contributed by atoms with Crippen molar-refractivity contribution in [2.75, 3.05) is 25.2 Å². The molecule has 1 aromatic rings. The SMILES string of the molecule is CO[C@H](c1ccc(N2CCC2=O)cc1)[C@H](C)/C=C/CCO. The van der Waals surface area contributed by atoms with Gasteiger partial charge in [-0.05, 0) is 24.1 Å². The second-order valence-corrected chi connectivity index (χ2v) is 5.34. The Morgan fingerprint density at radius 3 is 2.57 bits per heavy atom. The number of hydrogen-bond acceptors (Lipinski definition) is 3. The summed E-state index contributed by atoms with van der Waals surface area (Å²) in [5, 5.41) is 8.81. The number of ether oxygens (including phenoxy) is 1. The average molecular weight is 289 g/mol. The molecule has 0 spiro atoms. The van der Waals surface area contributed by atoms with Crippen LogP contribution in [0.4, 0.5) is 5.69 Å². The predicted octanol–water partition coefficient (Wildman–Crippen LogP) is 2.69. The number of carbonyl (C=O) groups is 1. The Hall–Kier alpha value is -1.65. The normalized spacial score (nSPS) is 17.9. The second-order valence-electron chi connectivity index (χ2n) is 5.34. The van der Waals surface area contributed by atoms with Crippen LogP contribution >= 0.6 is 0 Å². The zero-order valence-electron chi connectivity index (χ0n) is 12.7. The van der Waals surface area contributed by atoms with Gasteiger partial charge in [-0.15, -0.1) is 0 Å². The van der Waals surface area contributed by atoms with Gasteiger partial charge in [-0.3, -0.25) is 4.79 Å². The van der Waals surface area contributed by atoms with Gasteiger partial charge in [0.1, 0.15) is 0 Å². The lowest BCUT2D eigenvalue weighted by Gasteiger charge is -2.31. The van der Waals surface area contributed by atoms with Gasteiger partial charge in [0, 0.05) is 38.3 Å². The molecule has 4 nitrogen and oxygen atoms in total. The third-order valence-electron chi connectivity index (χ3n) is 3.85. The van der Waals surface area contributed by atoms with Crippen molar-refractivity contribution in [3.63, 3.8) is 0 Å². The van der Waals surface area contributed by atoms with Crippen LogP contribution in [-0.4, -0.2) is 31.3 Å². The molecule has 0 saturated carbocycles. The van der Waals surface area contributed by atoms with E-state index in [0.717, 1.165) is 17.8 Å². The van der Waals surface area contributed by atoms with Gasteiger partial charge in [0.2, 0.25) is 5.91 Å². The van der Waals surface area contributed by atoms with Crippen molar-refractivity contribution < 1.29 is 14.6 Å². The third-order valence-corrected chi connectivity index (χ3v) is 3.85. The summed E-state index contributed by atoms with van der Waals surface area (Å²) < 4.78 is 5.60. The standard InChI is InChI=1S/C17H23NO3/c1-13(5-3-4-12-19)17(21-2)14-6-8-15(9-7-14)18-11-10-16(18)20/h3,5-9,13,17,19H,4,10-12H2,1-2H3/b5-3+/t13-,17+/m1/s1. The summed E-state index contributed by atoms with van der Waals surface area (Å²) in [6, 6.07) is 7.99. The average Bonchev–Trinajstić information content (AvgIpc) is 2.48. The van der Waals surface area contributed by atoms with E-state index in [4.69, 9.17) is 9.84 Å². The molecule has 114 valence electrons. The number of anilines is 1. The third kappa shape index (κ3) is 3.71. The lowest BCUT2D eigenvalue weighted by molar-refractivity contribution is -0.122. The molecule has 1 fully saturated rings. The second kappa shape index (κ2) is 7.38. The molecule has 1 saturated heterocycles. The summed E-state index contributed by atoms with van der Waals surface area (Å²) >= 11 is 0. The van der Waals surface area contributed by atoms with Crippen LogP contribution in [0.2, 0.25) is 0 Å². The number of aliphatic hydroxyl groups excluding tert-OH is 1. The van der Waals surface area contributed by atoms with Crippen LogP contribution in [0.15, 0.2) is 36.4 Å².